The first-order valence-electron chi connectivity index (χ1n) is 15.4. The number of rotatable bonds is 4. The van der Waals surface area contributed by atoms with Crippen LogP contribution in [-0.4, -0.2) is 9.52 Å². The van der Waals surface area contributed by atoms with Crippen molar-refractivity contribution < 1.29 is 20.8 Å². The van der Waals surface area contributed by atoms with Crippen LogP contribution in [0.5, 0.6) is 0 Å². The topological polar surface area (TPSA) is 0 Å². The van der Waals surface area contributed by atoms with Crippen LogP contribution in [0.15, 0.2) is 152 Å². The van der Waals surface area contributed by atoms with Crippen LogP contribution in [-0.2, 0) is 20.8 Å². The summed E-state index contributed by atoms with van der Waals surface area (Å²) in [5.74, 6) is 0.509. The van der Waals surface area contributed by atoms with Gasteiger partial charge >= 0.3 is 37.9 Å². The van der Waals surface area contributed by atoms with Crippen LogP contribution < -0.4 is 10.4 Å². The van der Waals surface area contributed by atoms with Gasteiger partial charge < -0.3 is 0 Å². The second kappa shape index (κ2) is 15.5. The minimum atomic E-state index is -0.826. The first-order chi connectivity index (χ1) is 22.6. The smallest absolute Gasteiger partial charge is 0.0920 e. The Balaban J connectivity index is 0.000000191. The third-order valence-electron chi connectivity index (χ3n) is 8.28. The number of benzene rings is 6. The van der Waals surface area contributed by atoms with E-state index in [4.69, 9.17) is 17.0 Å². The summed E-state index contributed by atoms with van der Waals surface area (Å²) in [7, 11) is 10.7. The SMILES string of the molecule is CC(C)c1cc2c(-c3ccccc3-c3ccccc3)c(-c3ccccc3)ccc2[cH-]1.[Cl][Zr+2][Cl].[c-]1cccc2c1[Si]c1ccccc1-2. The van der Waals surface area contributed by atoms with Crippen molar-refractivity contribution in [1.82, 2.24) is 0 Å². The maximum atomic E-state index is 4.93. The van der Waals surface area contributed by atoms with Crippen molar-refractivity contribution in [3.63, 3.8) is 0 Å². The van der Waals surface area contributed by atoms with Gasteiger partial charge in [-0.15, -0.1) is 34.0 Å². The van der Waals surface area contributed by atoms with E-state index < -0.39 is 20.8 Å². The molecule has 0 bridgehead atoms. The fraction of sp³-hybridized carbons (Fsp3) is 0.0714. The van der Waals surface area contributed by atoms with Crippen LogP contribution in [0.4, 0.5) is 0 Å². The van der Waals surface area contributed by atoms with Gasteiger partial charge in [-0.3, -0.25) is 0 Å². The van der Waals surface area contributed by atoms with E-state index in [1.165, 1.54) is 71.2 Å². The van der Waals surface area contributed by atoms with Crippen molar-refractivity contribution in [3.8, 4) is 44.5 Å². The maximum Gasteiger partial charge on any atom is 0.0920 e. The van der Waals surface area contributed by atoms with Gasteiger partial charge in [0.25, 0.3) is 0 Å². The molecule has 0 N–H and O–H groups in total. The Kier molecular flexibility index (Phi) is 10.9. The van der Waals surface area contributed by atoms with E-state index in [1.807, 2.05) is 6.07 Å². The molecule has 0 unspecified atom stereocenters. The van der Waals surface area contributed by atoms with Gasteiger partial charge in [-0.25, -0.2) is 0 Å². The predicted molar refractivity (Wildman–Crippen MR) is 197 cm³/mol. The first-order valence-corrected chi connectivity index (χ1v) is 22.7. The molecule has 0 aliphatic carbocycles. The average molecular weight is 727 g/mol. The molecule has 1 aliphatic rings. The summed E-state index contributed by atoms with van der Waals surface area (Å²) >= 11 is -0.826. The average Bonchev–Trinajstić information content (AvgIpc) is 3.72. The zero-order valence-corrected chi connectivity index (χ0v) is 30.7. The molecule has 0 saturated heterocycles. The van der Waals surface area contributed by atoms with Crippen molar-refractivity contribution in [3.05, 3.63) is 163 Å². The summed E-state index contributed by atoms with van der Waals surface area (Å²) in [5.41, 5.74) is 11.8. The quantitative estimate of drug-likeness (QED) is 0.125. The predicted octanol–water partition coefficient (Wildman–Crippen LogP) is 11.2. The summed E-state index contributed by atoms with van der Waals surface area (Å²) in [6.45, 7) is 4.54. The molecular formula is C42H32Cl2SiZr. The summed E-state index contributed by atoms with van der Waals surface area (Å²) < 4.78 is 0. The molecule has 1 aliphatic heterocycles. The van der Waals surface area contributed by atoms with E-state index in [2.05, 4.69) is 166 Å². The zero-order chi connectivity index (χ0) is 31.9. The minimum Gasteiger partial charge on any atom is -0.184 e. The van der Waals surface area contributed by atoms with E-state index in [-0.39, 0.29) is 0 Å². The Hall–Kier alpha value is -3.39. The standard InChI is InChI=1S/C30H25.C12H7Si.2ClH.Zr/c1-21(2)25-19-24-17-18-27(23-13-7-4-8-14-23)30(29(24)20-25)28-16-10-9-15-26(28)22-11-5-3-6-12-22;1-3-7-11-9(5-1)10-6-2-4-8-12(10)13-11;;;/h3-21H,1-2H3;1-7H;2*1H;/q2*-1;;;+4/p-2. The zero-order valence-electron chi connectivity index (χ0n) is 25.8. The van der Waals surface area contributed by atoms with Crippen LogP contribution in [0.25, 0.3) is 55.3 Å². The maximum absolute atomic E-state index is 4.93. The number of hydrogen-bond donors (Lipinski definition) is 0. The monoisotopic (exact) mass is 724 g/mol. The molecule has 0 spiro atoms. The van der Waals surface area contributed by atoms with E-state index in [0.717, 1.165) is 9.52 Å². The van der Waals surface area contributed by atoms with Crippen molar-refractivity contribution in [2.45, 2.75) is 19.8 Å². The Bertz CT molecular complexity index is 2000. The van der Waals surface area contributed by atoms with Gasteiger partial charge in [-0.05, 0) is 33.7 Å². The van der Waals surface area contributed by atoms with Crippen molar-refractivity contribution in [1.29, 1.82) is 0 Å². The second-order valence-corrected chi connectivity index (χ2v) is 16.4. The molecule has 0 nitrogen and oxygen atoms in total. The Morgan fingerprint density at radius 3 is 1.85 bits per heavy atom. The largest absolute Gasteiger partial charge is 0.184 e. The molecule has 0 atom stereocenters. The van der Waals surface area contributed by atoms with E-state index >= 15 is 0 Å². The van der Waals surface area contributed by atoms with Gasteiger partial charge in [-0.2, -0.15) is 35.5 Å². The molecule has 0 amide bonds. The molecule has 4 heteroatoms. The van der Waals surface area contributed by atoms with Crippen LogP contribution in [0.2, 0.25) is 0 Å². The second-order valence-electron chi connectivity index (χ2n) is 11.4. The van der Waals surface area contributed by atoms with E-state index in [1.54, 1.807) is 0 Å². The molecule has 2 radical (unpaired) electrons. The van der Waals surface area contributed by atoms with Crippen LogP contribution in [0, 0.1) is 6.07 Å². The third-order valence-corrected chi connectivity index (χ3v) is 9.65. The van der Waals surface area contributed by atoms with Crippen LogP contribution in [0.3, 0.4) is 0 Å². The Morgan fingerprint density at radius 2 is 1.17 bits per heavy atom. The molecule has 1 heterocycles. The number of fused-ring (bicyclic) bond motifs is 4. The van der Waals surface area contributed by atoms with Gasteiger partial charge in [0.05, 0.1) is 9.52 Å². The Morgan fingerprint density at radius 1 is 0.609 bits per heavy atom. The van der Waals surface area contributed by atoms with Gasteiger partial charge in [0, 0.05) is 0 Å². The normalized spacial score (nSPS) is 11.1. The number of halogens is 2. The van der Waals surface area contributed by atoms with Gasteiger partial charge in [0.1, 0.15) is 0 Å². The van der Waals surface area contributed by atoms with Crippen molar-refractivity contribution in [2.75, 3.05) is 0 Å². The molecule has 7 aromatic rings. The fourth-order valence-corrected chi connectivity index (χ4v) is 7.39. The molecular weight excluding hydrogens is 695 g/mol. The molecule has 0 fully saturated rings. The summed E-state index contributed by atoms with van der Waals surface area (Å²) in [4.78, 5) is 0. The molecule has 0 saturated carbocycles. The summed E-state index contributed by atoms with van der Waals surface area (Å²) in [5, 5.41) is 5.48. The van der Waals surface area contributed by atoms with Gasteiger partial charge in [-0.1, -0.05) is 145 Å². The summed E-state index contributed by atoms with van der Waals surface area (Å²) in [6.07, 6.45) is 0. The van der Waals surface area contributed by atoms with E-state index in [0.29, 0.717) is 5.92 Å². The third kappa shape index (κ3) is 7.12. The van der Waals surface area contributed by atoms with Crippen molar-refractivity contribution >= 4 is 47.7 Å². The molecule has 0 aromatic heterocycles. The minimum absolute atomic E-state index is 0.509. The van der Waals surface area contributed by atoms with Gasteiger partial charge in [0.15, 0.2) is 0 Å². The van der Waals surface area contributed by atoms with E-state index in [9.17, 15) is 0 Å². The fourth-order valence-electron chi connectivity index (χ4n) is 6.08. The summed E-state index contributed by atoms with van der Waals surface area (Å²) in [6, 6.07) is 57.7. The molecule has 8 rings (SSSR count). The van der Waals surface area contributed by atoms with Gasteiger partial charge in [0.2, 0.25) is 0 Å². The molecule has 222 valence electrons. The Labute approximate surface area is 293 Å². The van der Waals surface area contributed by atoms with Crippen LogP contribution in [0.1, 0.15) is 25.3 Å². The molecule has 7 aromatic carbocycles. The molecule has 46 heavy (non-hydrogen) atoms. The van der Waals surface area contributed by atoms with Crippen molar-refractivity contribution in [2.24, 2.45) is 0 Å². The number of hydrogen-bond acceptors (Lipinski definition) is 0. The first kappa shape index (κ1) is 32.5. The van der Waals surface area contributed by atoms with Crippen LogP contribution >= 0.6 is 17.0 Å².